The molecule has 0 atom stereocenters. The van der Waals surface area contributed by atoms with Gasteiger partial charge in [0.15, 0.2) is 0 Å². The Balaban J connectivity index is 2.15. The number of benzene rings is 1. The van der Waals surface area contributed by atoms with Gasteiger partial charge in [0.2, 0.25) is 0 Å². The van der Waals surface area contributed by atoms with E-state index in [2.05, 4.69) is 30.9 Å². The highest BCUT2D eigenvalue weighted by molar-refractivity contribution is 5.84. The second-order valence-electron chi connectivity index (χ2n) is 5.69. The molecular weight excluding hydrogens is 226 g/mol. The molecule has 0 bridgehead atoms. The third-order valence-electron chi connectivity index (χ3n) is 3.69. The van der Waals surface area contributed by atoms with Crippen molar-refractivity contribution < 1.29 is 9.53 Å². The van der Waals surface area contributed by atoms with Crippen LogP contribution >= 0.6 is 0 Å². The first-order valence-electron chi connectivity index (χ1n) is 6.32. The maximum Gasteiger partial charge on any atom is 0.148 e. The molecule has 0 amide bonds. The molecule has 1 aliphatic rings. The van der Waals surface area contributed by atoms with Crippen LogP contribution in [0.4, 0.5) is 0 Å². The van der Waals surface area contributed by atoms with Crippen LogP contribution in [0.1, 0.15) is 31.4 Å². The third-order valence-corrected chi connectivity index (χ3v) is 3.69. The molecule has 1 heterocycles. The summed E-state index contributed by atoms with van der Waals surface area (Å²) < 4.78 is 5.26. The number of hydrogen-bond acceptors (Lipinski definition) is 3. The zero-order chi connectivity index (χ0) is 13.3. The van der Waals surface area contributed by atoms with Crippen molar-refractivity contribution in [3.8, 4) is 5.75 Å². The molecule has 2 rings (SSSR count). The Morgan fingerprint density at radius 1 is 1.39 bits per heavy atom. The molecular formula is C15H21NO2. The van der Waals surface area contributed by atoms with Crippen LogP contribution in [0.15, 0.2) is 18.2 Å². The van der Waals surface area contributed by atoms with E-state index in [0.29, 0.717) is 18.7 Å². The number of aryl methyl sites for hydroxylation is 1. The number of hydrogen-bond donors (Lipinski definition) is 0. The first kappa shape index (κ1) is 13.1. The normalized spacial score (nSPS) is 19.2. The summed E-state index contributed by atoms with van der Waals surface area (Å²) in [6.07, 6.45) is 0.655. The van der Waals surface area contributed by atoms with E-state index in [1.54, 1.807) is 7.11 Å². The molecule has 1 aliphatic heterocycles. The van der Waals surface area contributed by atoms with Gasteiger partial charge in [0.1, 0.15) is 11.5 Å². The van der Waals surface area contributed by atoms with Gasteiger partial charge in [0, 0.05) is 18.5 Å². The second-order valence-corrected chi connectivity index (χ2v) is 5.69. The summed E-state index contributed by atoms with van der Waals surface area (Å²) in [4.78, 5) is 13.8. The highest BCUT2D eigenvalue weighted by Gasteiger charge is 2.36. The largest absolute Gasteiger partial charge is 0.496 e. The van der Waals surface area contributed by atoms with Crippen LogP contribution in [0, 0.1) is 6.92 Å². The molecule has 18 heavy (non-hydrogen) atoms. The summed E-state index contributed by atoms with van der Waals surface area (Å²) >= 11 is 0. The Kier molecular flexibility index (Phi) is 3.44. The van der Waals surface area contributed by atoms with Crippen molar-refractivity contribution >= 4 is 5.78 Å². The van der Waals surface area contributed by atoms with E-state index >= 15 is 0 Å². The number of carbonyl (C=O) groups is 1. The highest BCUT2D eigenvalue weighted by Crippen LogP contribution is 2.28. The maximum atomic E-state index is 11.6. The Bertz CT molecular complexity index is 466. The van der Waals surface area contributed by atoms with E-state index in [1.807, 2.05) is 13.0 Å². The Morgan fingerprint density at radius 2 is 2.11 bits per heavy atom. The fourth-order valence-electron chi connectivity index (χ4n) is 2.61. The number of likely N-dealkylation sites (tertiary alicyclic amines) is 1. The summed E-state index contributed by atoms with van der Waals surface area (Å²) in [5.41, 5.74) is 2.35. The number of nitrogens with zero attached hydrogens (tertiary/aromatic N) is 1. The number of rotatable bonds is 3. The van der Waals surface area contributed by atoms with Crippen molar-refractivity contribution in [1.82, 2.24) is 4.90 Å². The van der Waals surface area contributed by atoms with Gasteiger partial charge in [-0.2, -0.15) is 0 Å². The minimum absolute atomic E-state index is 0.0229. The SMILES string of the molecule is COc1ccc(CN2CC(=O)CC2(C)C)cc1C. The van der Waals surface area contributed by atoms with Gasteiger partial charge < -0.3 is 4.74 Å². The van der Waals surface area contributed by atoms with Crippen LogP contribution in [0.2, 0.25) is 0 Å². The van der Waals surface area contributed by atoms with Crippen molar-refractivity contribution in [1.29, 1.82) is 0 Å². The summed E-state index contributed by atoms with van der Waals surface area (Å²) in [5.74, 6) is 1.25. The Morgan fingerprint density at radius 3 is 2.61 bits per heavy atom. The van der Waals surface area contributed by atoms with Gasteiger partial charge in [-0.05, 0) is 38.0 Å². The molecule has 1 fully saturated rings. The van der Waals surface area contributed by atoms with E-state index in [4.69, 9.17) is 4.74 Å². The van der Waals surface area contributed by atoms with E-state index in [0.717, 1.165) is 17.9 Å². The minimum Gasteiger partial charge on any atom is -0.496 e. The topological polar surface area (TPSA) is 29.5 Å². The average molecular weight is 247 g/mol. The van der Waals surface area contributed by atoms with Gasteiger partial charge in [0.25, 0.3) is 0 Å². The fourth-order valence-corrected chi connectivity index (χ4v) is 2.61. The van der Waals surface area contributed by atoms with Crippen LogP contribution in [0.3, 0.4) is 0 Å². The molecule has 0 unspecified atom stereocenters. The van der Waals surface area contributed by atoms with Gasteiger partial charge in [0.05, 0.1) is 13.7 Å². The lowest BCUT2D eigenvalue weighted by Crippen LogP contribution is -2.37. The van der Waals surface area contributed by atoms with Crippen molar-refractivity contribution in [2.75, 3.05) is 13.7 Å². The summed E-state index contributed by atoms with van der Waals surface area (Å²) in [5, 5.41) is 0. The van der Waals surface area contributed by atoms with Crippen molar-refractivity contribution in [2.24, 2.45) is 0 Å². The lowest BCUT2D eigenvalue weighted by Gasteiger charge is -2.30. The summed E-state index contributed by atoms with van der Waals surface area (Å²) in [6.45, 7) is 7.70. The highest BCUT2D eigenvalue weighted by atomic mass is 16.5. The zero-order valence-corrected chi connectivity index (χ0v) is 11.6. The maximum absolute atomic E-state index is 11.6. The molecule has 1 saturated heterocycles. The van der Waals surface area contributed by atoms with Crippen molar-refractivity contribution in [3.63, 3.8) is 0 Å². The smallest absolute Gasteiger partial charge is 0.148 e. The standard InChI is InChI=1S/C15H21NO2/c1-11-7-12(5-6-14(11)18-4)9-16-10-13(17)8-15(16,2)3/h5-7H,8-10H2,1-4H3. The number of methoxy groups -OCH3 is 1. The van der Waals surface area contributed by atoms with Gasteiger partial charge in [-0.1, -0.05) is 12.1 Å². The van der Waals surface area contributed by atoms with Gasteiger partial charge in [-0.25, -0.2) is 0 Å². The lowest BCUT2D eigenvalue weighted by atomic mass is 10.0. The van der Waals surface area contributed by atoms with Gasteiger partial charge >= 0.3 is 0 Å². The first-order valence-corrected chi connectivity index (χ1v) is 6.32. The van der Waals surface area contributed by atoms with Gasteiger partial charge in [-0.3, -0.25) is 9.69 Å². The third kappa shape index (κ3) is 2.56. The molecule has 0 aromatic heterocycles. The van der Waals surface area contributed by atoms with Crippen molar-refractivity contribution in [2.45, 2.75) is 39.3 Å². The second kappa shape index (κ2) is 4.73. The summed E-state index contributed by atoms with van der Waals surface area (Å²) in [6, 6.07) is 6.21. The van der Waals surface area contributed by atoms with E-state index < -0.39 is 0 Å². The summed E-state index contributed by atoms with van der Waals surface area (Å²) in [7, 11) is 1.68. The zero-order valence-electron chi connectivity index (χ0n) is 11.6. The molecule has 0 saturated carbocycles. The Hall–Kier alpha value is -1.35. The molecule has 0 N–H and O–H groups in total. The van der Waals surface area contributed by atoms with Crippen molar-refractivity contribution in [3.05, 3.63) is 29.3 Å². The fraction of sp³-hybridized carbons (Fsp3) is 0.533. The van der Waals surface area contributed by atoms with Crippen LogP contribution in [0.25, 0.3) is 0 Å². The molecule has 98 valence electrons. The minimum atomic E-state index is -0.0229. The van der Waals surface area contributed by atoms with Crippen LogP contribution in [0.5, 0.6) is 5.75 Å². The molecule has 1 aromatic carbocycles. The number of Topliss-reactive ketones (excluding diaryl/α,β-unsaturated/α-hetero) is 1. The van der Waals surface area contributed by atoms with E-state index in [9.17, 15) is 4.79 Å². The van der Waals surface area contributed by atoms with Gasteiger partial charge in [-0.15, -0.1) is 0 Å². The lowest BCUT2D eigenvalue weighted by molar-refractivity contribution is -0.117. The number of ether oxygens (including phenoxy) is 1. The average Bonchev–Trinajstić information content (AvgIpc) is 2.52. The van der Waals surface area contributed by atoms with Crippen LogP contribution in [-0.4, -0.2) is 29.9 Å². The number of ketones is 1. The molecule has 0 aliphatic carbocycles. The quantitative estimate of drug-likeness (QED) is 0.822. The molecule has 1 aromatic rings. The monoisotopic (exact) mass is 247 g/mol. The number of carbonyl (C=O) groups excluding carboxylic acids is 1. The molecule has 3 nitrogen and oxygen atoms in total. The predicted octanol–water partition coefficient (Wildman–Crippen LogP) is 2.56. The van der Waals surface area contributed by atoms with E-state index in [-0.39, 0.29) is 5.54 Å². The molecule has 0 radical (unpaired) electrons. The van der Waals surface area contributed by atoms with E-state index in [1.165, 1.54) is 5.56 Å². The van der Waals surface area contributed by atoms with Crippen LogP contribution < -0.4 is 4.74 Å². The molecule has 0 spiro atoms. The Labute approximate surface area is 109 Å². The first-order chi connectivity index (χ1) is 8.42. The molecule has 3 heteroatoms. The predicted molar refractivity (Wildman–Crippen MR) is 71.8 cm³/mol. The van der Waals surface area contributed by atoms with Crippen LogP contribution in [-0.2, 0) is 11.3 Å².